The molecule has 1 atom stereocenters. The fourth-order valence-electron chi connectivity index (χ4n) is 2.12. The van der Waals surface area contributed by atoms with E-state index in [0.717, 1.165) is 17.0 Å². The molecular formula is C13H16N4O2. The SMILES string of the molecule is Cc1n[nH]c(C)c1[C@H](C)NC(=O)c1cccc(=O)[nH]1. The molecule has 0 saturated carbocycles. The predicted octanol–water partition coefficient (Wildman–Crippen LogP) is 1.21. The Bertz CT molecular complexity index is 637. The minimum absolute atomic E-state index is 0.185. The number of hydrogen-bond donors (Lipinski definition) is 3. The summed E-state index contributed by atoms with van der Waals surface area (Å²) in [7, 11) is 0. The molecule has 0 saturated heterocycles. The second-order valence-corrected chi connectivity index (χ2v) is 4.47. The van der Waals surface area contributed by atoms with Gasteiger partial charge in [0.05, 0.1) is 11.7 Å². The Hall–Kier alpha value is -2.37. The van der Waals surface area contributed by atoms with Crippen LogP contribution in [0, 0.1) is 13.8 Å². The van der Waals surface area contributed by atoms with Gasteiger partial charge in [-0.2, -0.15) is 5.10 Å². The zero-order valence-electron chi connectivity index (χ0n) is 11.1. The van der Waals surface area contributed by atoms with Crippen molar-refractivity contribution < 1.29 is 4.79 Å². The highest BCUT2D eigenvalue weighted by Gasteiger charge is 2.17. The topological polar surface area (TPSA) is 90.6 Å². The van der Waals surface area contributed by atoms with Crippen LogP contribution in [0.25, 0.3) is 0 Å². The lowest BCUT2D eigenvalue weighted by molar-refractivity contribution is 0.0934. The monoisotopic (exact) mass is 260 g/mol. The zero-order chi connectivity index (χ0) is 14.0. The zero-order valence-corrected chi connectivity index (χ0v) is 11.1. The van der Waals surface area contributed by atoms with E-state index >= 15 is 0 Å². The lowest BCUT2D eigenvalue weighted by atomic mass is 10.1. The molecule has 2 heterocycles. The number of nitrogens with zero attached hydrogens (tertiary/aromatic N) is 1. The predicted molar refractivity (Wildman–Crippen MR) is 71.0 cm³/mol. The van der Waals surface area contributed by atoms with Crippen LogP contribution in [-0.4, -0.2) is 21.1 Å². The van der Waals surface area contributed by atoms with E-state index < -0.39 is 0 Å². The molecule has 2 aromatic heterocycles. The Labute approximate surface area is 110 Å². The quantitative estimate of drug-likeness (QED) is 0.774. The van der Waals surface area contributed by atoms with E-state index in [9.17, 15) is 9.59 Å². The molecule has 19 heavy (non-hydrogen) atoms. The molecular weight excluding hydrogens is 244 g/mol. The number of aryl methyl sites for hydroxylation is 2. The fourth-order valence-corrected chi connectivity index (χ4v) is 2.12. The molecule has 6 heteroatoms. The van der Waals surface area contributed by atoms with Crippen molar-refractivity contribution in [3.8, 4) is 0 Å². The Morgan fingerprint density at radius 2 is 2.11 bits per heavy atom. The normalized spacial score (nSPS) is 12.2. The van der Waals surface area contributed by atoms with Crippen LogP contribution in [0.3, 0.4) is 0 Å². The van der Waals surface area contributed by atoms with Crippen molar-refractivity contribution in [3.05, 3.63) is 51.2 Å². The van der Waals surface area contributed by atoms with Crippen molar-refractivity contribution in [1.82, 2.24) is 20.5 Å². The fraction of sp³-hybridized carbons (Fsp3) is 0.308. The molecule has 2 rings (SSSR count). The van der Waals surface area contributed by atoms with Crippen molar-refractivity contribution in [1.29, 1.82) is 0 Å². The third-order valence-electron chi connectivity index (χ3n) is 2.98. The number of aromatic amines is 2. The lowest BCUT2D eigenvalue weighted by Crippen LogP contribution is -2.29. The van der Waals surface area contributed by atoms with Crippen LogP contribution in [0.15, 0.2) is 23.0 Å². The molecule has 0 aliphatic heterocycles. The van der Waals surface area contributed by atoms with Gasteiger partial charge >= 0.3 is 0 Å². The van der Waals surface area contributed by atoms with Gasteiger partial charge in [0.15, 0.2) is 0 Å². The number of amides is 1. The van der Waals surface area contributed by atoms with Gasteiger partial charge in [-0.3, -0.25) is 14.7 Å². The van der Waals surface area contributed by atoms with Crippen molar-refractivity contribution in [3.63, 3.8) is 0 Å². The smallest absolute Gasteiger partial charge is 0.268 e. The van der Waals surface area contributed by atoms with E-state index in [4.69, 9.17) is 0 Å². The van der Waals surface area contributed by atoms with Gasteiger partial charge < -0.3 is 10.3 Å². The molecule has 6 nitrogen and oxygen atoms in total. The molecule has 0 fully saturated rings. The van der Waals surface area contributed by atoms with Gasteiger partial charge in [0.1, 0.15) is 5.69 Å². The van der Waals surface area contributed by atoms with E-state index in [-0.39, 0.29) is 23.2 Å². The first-order valence-corrected chi connectivity index (χ1v) is 6.00. The number of carbonyl (C=O) groups is 1. The summed E-state index contributed by atoms with van der Waals surface area (Å²) in [5, 5.41) is 9.82. The summed E-state index contributed by atoms with van der Waals surface area (Å²) in [5.41, 5.74) is 2.69. The van der Waals surface area contributed by atoms with Gasteiger partial charge in [0.2, 0.25) is 5.56 Å². The first kappa shape index (κ1) is 13.1. The molecule has 2 aromatic rings. The molecule has 0 bridgehead atoms. The van der Waals surface area contributed by atoms with E-state index in [1.165, 1.54) is 6.07 Å². The first-order chi connectivity index (χ1) is 8.99. The molecule has 3 N–H and O–H groups in total. The number of pyridine rings is 1. The van der Waals surface area contributed by atoms with E-state index in [0.29, 0.717) is 0 Å². The van der Waals surface area contributed by atoms with Gasteiger partial charge in [-0.25, -0.2) is 0 Å². The minimum atomic E-state index is -0.315. The highest BCUT2D eigenvalue weighted by Crippen LogP contribution is 2.19. The summed E-state index contributed by atoms with van der Waals surface area (Å²) < 4.78 is 0. The molecule has 0 aliphatic rings. The van der Waals surface area contributed by atoms with Crippen molar-refractivity contribution >= 4 is 5.91 Å². The van der Waals surface area contributed by atoms with Gasteiger partial charge in [-0.05, 0) is 26.8 Å². The molecule has 0 radical (unpaired) electrons. The van der Waals surface area contributed by atoms with E-state index in [1.54, 1.807) is 12.1 Å². The summed E-state index contributed by atoms with van der Waals surface area (Å²) >= 11 is 0. The van der Waals surface area contributed by atoms with Crippen LogP contribution in [0.1, 0.15) is 40.4 Å². The van der Waals surface area contributed by atoms with Gasteiger partial charge in [-0.15, -0.1) is 0 Å². The number of rotatable bonds is 3. The molecule has 0 unspecified atom stereocenters. The number of hydrogen-bond acceptors (Lipinski definition) is 3. The molecule has 0 aliphatic carbocycles. The van der Waals surface area contributed by atoms with Gasteiger partial charge in [0.25, 0.3) is 5.91 Å². The summed E-state index contributed by atoms with van der Waals surface area (Å²) in [6.07, 6.45) is 0. The third kappa shape index (κ3) is 2.73. The maximum atomic E-state index is 12.0. The highest BCUT2D eigenvalue weighted by atomic mass is 16.2. The minimum Gasteiger partial charge on any atom is -0.344 e. The van der Waals surface area contributed by atoms with Crippen LogP contribution >= 0.6 is 0 Å². The first-order valence-electron chi connectivity index (χ1n) is 6.00. The lowest BCUT2D eigenvalue weighted by Gasteiger charge is -2.14. The maximum Gasteiger partial charge on any atom is 0.268 e. The van der Waals surface area contributed by atoms with Crippen LogP contribution in [0.4, 0.5) is 0 Å². The van der Waals surface area contributed by atoms with E-state index in [2.05, 4.69) is 20.5 Å². The van der Waals surface area contributed by atoms with Gasteiger partial charge in [0, 0.05) is 17.3 Å². The average Bonchev–Trinajstić information content (AvgIpc) is 2.69. The van der Waals surface area contributed by atoms with Crippen LogP contribution < -0.4 is 10.9 Å². The van der Waals surface area contributed by atoms with Crippen LogP contribution in [0.5, 0.6) is 0 Å². The second kappa shape index (κ2) is 5.09. The largest absolute Gasteiger partial charge is 0.344 e. The second-order valence-electron chi connectivity index (χ2n) is 4.47. The van der Waals surface area contributed by atoms with Crippen molar-refractivity contribution in [2.45, 2.75) is 26.8 Å². The van der Waals surface area contributed by atoms with E-state index in [1.807, 2.05) is 20.8 Å². The molecule has 100 valence electrons. The van der Waals surface area contributed by atoms with Crippen molar-refractivity contribution in [2.24, 2.45) is 0 Å². The molecule has 0 spiro atoms. The Morgan fingerprint density at radius 1 is 1.37 bits per heavy atom. The summed E-state index contributed by atoms with van der Waals surface area (Å²) in [5.74, 6) is -0.315. The number of aromatic nitrogens is 3. The average molecular weight is 260 g/mol. The number of carbonyl (C=O) groups excluding carboxylic acids is 1. The standard InChI is InChI=1S/C13H16N4O2/c1-7(12-8(2)16-17-9(12)3)14-13(19)10-5-4-6-11(18)15-10/h4-7H,1-3H3,(H,14,19)(H,15,18)(H,16,17)/t7-/m0/s1. The Balaban J connectivity index is 2.18. The summed E-state index contributed by atoms with van der Waals surface area (Å²) in [6.45, 7) is 5.66. The molecule has 1 amide bonds. The van der Waals surface area contributed by atoms with Crippen LogP contribution in [-0.2, 0) is 0 Å². The highest BCUT2D eigenvalue weighted by molar-refractivity contribution is 5.92. The summed E-state index contributed by atoms with van der Waals surface area (Å²) in [4.78, 5) is 25.7. The Morgan fingerprint density at radius 3 is 2.68 bits per heavy atom. The number of H-pyrrole nitrogens is 2. The number of nitrogens with one attached hydrogen (secondary N) is 3. The molecule has 0 aromatic carbocycles. The maximum absolute atomic E-state index is 12.0. The van der Waals surface area contributed by atoms with Crippen LogP contribution in [0.2, 0.25) is 0 Å². The van der Waals surface area contributed by atoms with Gasteiger partial charge in [-0.1, -0.05) is 6.07 Å². The van der Waals surface area contributed by atoms with Crippen molar-refractivity contribution in [2.75, 3.05) is 0 Å². The Kier molecular flexibility index (Phi) is 3.50. The third-order valence-corrected chi connectivity index (χ3v) is 2.98. The summed E-state index contributed by atoms with van der Waals surface area (Å²) in [6, 6.07) is 4.30.